The highest BCUT2D eigenvalue weighted by atomic mass is 35.5. The van der Waals surface area contributed by atoms with Gasteiger partial charge in [0.2, 0.25) is 6.29 Å². The molecule has 0 aromatic heterocycles. The molecule has 2 aromatic carbocycles. The van der Waals surface area contributed by atoms with E-state index in [1.165, 1.54) is 24.3 Å². The Morgan fingerprint density at radius 3 is 2.35 bits per heavy atom. The quantitative estimate of drug-likeness (QED) is 0.755. The third kappa shape index (κ3) is 2.00. The van der Waals surface area contributed by atoms with Crippen molar-refractivity contribution >= 4 is 28.7 Å². The maximum atomic E-state index is 12.8. The molecule has 0 N–H and O–H groups in total. The molecule has 0 spiro atoms. The number of carbonyl (C=O) groups excluding carboxylic acids is 1. The van der Waals surface area contributed by atoms with Crippen molar-refractivity contribution < 1.29 is 18.0 Å². The summed E-state index contributed by atoms with van der Waals surface area (Å²) in [4.78, 5) is 10.6. The molecule has 87 valence electrons. The third-order valence-electron chi connectivity index (χ3n) is 2.40. The molecule has 0 saturated heterocycles. The van der Waals surface area contributed by atoms with Crippen LogP contribution in [0.25, 0.3) is 10.8 Å². The third-order valence-corrected chi connectivity index (χ3v) is 2.72. The SMILES string of the molecule is O=[C]c1cccc2c(C(F)(F)F)c(Cl)ccc12. The second-order valence-electron chi connectivity index (χ2n) is 3.42. The van der Waals surface area contributed by atoms with Crippen molar-refractivity contribution in [2.75, 3.05) is 0 Å². The molecule has 0 bridgehead atoms. The molecule has 1 radical (unpaired) electrons. The van der Waals surface area contributed by atoms with Crippen molar-refractivity contribution in [3.63, 3.8) is 0 Å². The average molecular weight is 258 g/mol. The van der Waals surface area contributed by atoms with Gasteiger partial charge in [-0.3, -0.25) is 4.79 Å². The molecular formula is C12H5ClF3O. The Morgan fingerprint density at radius 2 is 1.76 bits per heavy atom. The molecule has 0 amide bonds. The van der Waals surface area contributed by atoms with Crippen LogP contribution in [0.15, 0.2) is 30.3 Å². The van der Waals surface area contributed by atoms with Crippen molar-refractivity contribution in [1.82, 2.24) is 0 Å². The summed E-state index contributed by atoms with van der Waals surface area (Å²) >= 11 is 5.56. The highest BCUT2D eigenvalue weighted by Crippen LogP contribution is 2.40. The maximum Gasteiger partial charge on any atom is 0.418 e. The summed E-state index contributed by atoms with van der Waals surface area (Å²) in [7, 11) is 0. The van der Waals surface area contributed by atoms with Crippen molar-refractivity contribution in [2.45, 2.75) is 6.18 Å². The van der Waals surface area contributed by atoms with Gasteiger partial charge in [0.15, 0.2) is 0 Å². The van der Waals surface area contributed by atoms with Crippen LogP contribution in [0.3, 0.4) is 0 Å². The summed E-state index contributed by atoms with van der Waals surface area (Å²) in [6.07, 6.45) is -2.95. The lowest BCUT2D eigenvalue weighted by molar-refractivity contribution is -0.136. The average Bonchev–Trinajstić information content (AvgIpc) is 2.25. The van der Waals surface area contributed by atoms with Crippen LogP contribution in [-0.2, 0) is 11.0 Å². The smallest absolute Gasteiger partial charge is 0.285 e. The van der Waals surface area contributed by atoms with Gasteiger partial charge in [0.05, 0.1) is 10.6 Å². The summed E-state index contributed by atoms with van der Waals surface area (Å²) < 4.78 is 38.5. The van der Waals surface area contributed by atoms with Crippen LogP contribution in [0.4, 0.5) is 13.2 Å². The zero-order chi connectivity index (χ0) is 12.6. The van der Waals surface area contributed by atoms with Gasteiger partial charge in [-0.05, 0) is 16.8 Å². The van der Waals surface area contributed by atoms with Crippen molar-refractivity contribution in [3.8, 4) is 0 Å². The van der Waals surface area contributed by atoms with E-state index in [0.29, 0.717) is 0 Å². The molecule has 0 heterocycles. The van der Waals surface area contributed by atoms with Crippen LogP contribution >= 0.6 is 11.6 Å². The Morgan fingerprint density at radius 1 is 1.06 bits per heavy atom. The number of rotatable bonds is 1. The number of halogens is 4. The lowest BCUT2D eigenvalue weighted by atomic mass is 10.0. The largest absolute Gasteiger partial charge is 0.418 e. The summed E-state index contributed by atoms with van der Waals surface area (Å²) in [5, 5.41) is -0.280. The van der Waals surface area contributed by atoms with Crippen LogP contribution in [0.2, 0.25) is 5.02 Å². The lowest BCUT2D eigenvalue weighted by Gasteiger charge is -2.12. The fourth-order valence-electron chi connectivity index (χ4n) is 1.71. The van der Waals surface area contributed by atoms with E-state index in [2.05, 4.69) is 0 Å². The van der Waals surface area contributed by atoms with E-state index in [-0.39, 0.29) is 21.4 Å². The minimum atomic E-state index is -4.56. The predicted molar refractivity (Wildman–Crippen MR) is 58.8 cm³/mol. The molecule has 0 aliphatic rings. The Kier molecular flexibility index (Phi) is 2.83. The Balaban J connectivity index is 2.92. The minimum Gasteiger partial charge on any atom is -0.285 e. The Labute approximate surface area is 99.8 Å². The van der Waals surface area contributed by atoms with Gasteiger partial charge >= 0.3 is 6.18 Å². The number of hydrogen-bond acceptors (Lipinski definition) is 1. The zero-order valence-corrected chi connectivity index (χ0v) is 9.06. The van der Waals surface area contributed by atoms with E-state index < -0.39 is 11.7 Å². The Bertz CT molecular complexity index is 590. The highest BCUT2D eigenvalue weighted by molar-refractivity contribution is 6.32. The summed E-state index contributed by atoms with van der Waals surface area (Å²) in [5.74, 6) is 0. The molecule has 0 aliphatic heterocycles. The molecular weight excluding hydrogens is 253 g/mol. The first-order chi connectivity index (χ1) is 7.95. The predicted octanol–water partition coefficient (Wildman–Crippen LogP) is 3.97. The van der Waals surface area contributed by atoms with Crippen molar-refractivity contribution in [1.29, 1.82) is 0 Å². The molecule has 17 heavy (non-hydrogen) atoms. The van der Waals surface area contributed by atoms with Crippen LogP contribution < -0.4 is 0 Å². The van der Waals surface area contributed by atoms with Gasteiger partial charge in [-0.25, -0.2) is 0 Å². The van der Waals surface area contributed by atoms with Gasteiger partial charge in [-0.2, -0.15) is 13.2 Å². The van der Waals surface area contributed by atoms with Gasteiger partial charge < -0.3 is 0 Å². The molecule has 0 aliphatic carbocycles. The first-order valence-corrected chi connectivity index (χ1v) is 4.99. The topological polar surface area (TPSA) is 17.1 Å². The van der Waals surface area contributed by atoms with E-state index in [1.807, 2.05) is 0 Å². The first kappa shape index (κ1) is 11.9. The number of benzene rings is 2. The molecule has 0 atom stereocenters. The van der Waals surface area contributed by atoms with Gasteiger partial charge in [-0.15, -0.1) is 0 Å². The summed E-state index contributed by atoms with van der Waals surface area (Å²) in [5.41, 5.74) is -0.835. The maximum absolute atomic E-state index is 12.8. The van der Waals surface area contributed by atoms with Crippen LogP contribution in [0, 0.1) is 0 Å². The van der Waals surface area contributed by atoms with E-state index in [0.717, 1.165) is 6.07 Å². The van der Waals surface area contributed by atoms with Crippen molar-refractivity contribution in [2.24, 2.45) is 0 Å². The molecule has 0 saturated carbocycles. The lowest BCUT2D eigenvalue weighted by Crippen LogP contribution is -2.07. The monoisotopic (exact) mass is 257 g/mol. The van der Waals surface area contributed by atoms with Crippen molar-refractivity contribution in [3.05, 3.63) is 46.5 Å². The molecule has 2 rings (SSSR count). The summed E-state index contributed by atoms with van der Waals surface area (Å²) in [6.45, 7) is 0. The summed E-state index contributed by atoms with van der Waals surface area (Å²) in [6, 6.07) is 6.57. The fourth-order valence-corrected chi connectivity index (χ4v) is 1.98. The van der Waals surface area contributed by atoms with Crippen LogP contribution in [-0.4, -0.2) is 6.29 Å². The van der Waals surface area contributed by atoms with Gasteiger partial charge in [0, 0.05) is 5.56 Å². The fraction of sp³-hybridized carbons (Fsp3) is 0.0833. The number of alkyl halides is 3. The van der Waals surface area contributed by atoms with Gasteiger partial charge in [-0.1, -0.05) is 35.9 Å². The number of fused-ring (bicyclic) bond motifs is 1. The normalized spacial score (nSPS) is 11.8. The molecule has 2 aromatic rings. The van der Waals surface area contributed by atoms with E-state index in [4.69, 9.17) is 11.6 Å². The molecule has 5 heteroatoms. The standard InChI is InChI=1S/C12H5ClF3O/c13-10-5-4-8-7(6-17)2-1-3-9(8)11(10)12(14,15)16/h1-5H. The minimum absolute atomic E-state index is 0.0877. The molecule has 0 fully saturated rings. The molecule has 1 nitrogen and oxygen atoms in total. The van der Waals surface area contributed by atoms with E-state index >= 15 is 0 Å². The van der Waals surface area contributed by atoms with Crippen LogP contribution in [0.1, 0.15) is 11.1 Å². The van der Waals surface area contributed by atoms with Crippen LogP contribution in [0.5, 0.6) is 0 Å². The number of hydrogen-bond donors (Lipinski definition) is 0. The van der Waals surface area contributed by atoms with Gasteiger partial charge in [0.25, 0.3) is 0 Å². The molecule has 0 unspecified atom stereocenters. The second kappa shape index (κ2) is 4.04. The second-order valence-corrected chi connectivity index (χ2v) is 3.83. The van der Waals surface area contributed by atoms with E-state index in [9.17, 15) is 18.0 Å². The van der Waals surface area contributed by atoms with Gasteiger partial charge in [0.1, 0.15) is 0 Å². The first-order valence-electron chi connectivity index (χ1n) is 4.61. The Hall–Kier alpha value is -1.55. The highest BCUT2D eigenvalue weighted by Gasteiger charge is 2.35. The van der Waals surface area contributed by atoms with E-state index in [1.54, 1.807) is 6.29 Å². The zero-order valence-electron chi connectivity index (χ0n) is 8.31.